The van der Waals surface area contributed by atoms with Crippen molar-refractivity contribution in [2.24, 2.45) is 0 Å². The number of hydrogen-bond donors (Lipinski definition) is 0. The monoisotopic (exact) mass is 306 g/mol. The van der Waals surface area contributed by atoms with Crippen LogP contribution in [0.2, 0.25) is 0 Å². The molecule has 1 fully saturated rings. The van der Waals surface area contributed by atoms with Gasteiger partial charge in [0.2, 0.25) is 0 Å². The molecule has 118 valence electrons. The van der Waals surface area contributed by atoms with Crippen molar-refractivity contribution >= 4 is 23.1 Å². The summed E-state index contributed by atoms with van der Waals surface area (Å²) in [6, 6.07) is 4.27. The molecule has 0 amide bonds. The molecule has 22 heavy (non-hydrogen) atoms. The van der Waals surface area contributed by atoms with E-state index in [1.54, 1.807) is 6.07 Å². The van der Waals surface area contributed by atoms with Crippen LogP contribution >= 0.6 is 0 Å². The molecule has 0 N–H and O–H groups in total. The topological polar surface area (TPSA) is 89.8 Å². The zero-order chi connectivity index (χ0) is 16.3. The molecule has 0 aromatic heterocycles. The van der Waals surface area contributed by atoms with Crippen LogP contribution in [-0.2, 0) is 9.53 Å². The van der Waals surface area contributed by atoms with Crippen molar-refractivity contribution in [1.82, 2.24) is 0 Å². The van der Waals surface area contributed by atoms with Crippen molar-refractivity contribution in [3.05, 3.63) is 33.9 Å². The lowest BCUT2D eigenvalue weighted by molar-refractivity contribution is -0.384. The number of anilines is 1. The van der Waals surface area contributed by atoms with Crippen molar-refractivity contribution in [2.45, 2.75) is 32.8 Å². The lowest BCUT2D eigenvalue weighted by Gasteiger charge is -2.18. The van der Waals surface area contributed by atoms with Gasteiger partial charge in [-0.25, -0.2) is 4.79 Å². The second-order valence-electron chi connectivity index (χ2n) is 5.31. The zero-order valence-electron chi connectivity index (χ0n) is 12.6. The van der Waals surface area contributed by atoms with Crippen LogP contribution in [0.3, 0.4) is 0 Å². The van der Waals surface area contributed by atoms with E-state index in [4.69, 9.17) is 4.74 Å². The Hall–Kier alpha value is -2.44. The second-order valence-corrected chi connectivity index (χ2v) is 5.31. The lowest BCUT2D eigenvalue weighted by Crippen LogP contribution is -2.22. The molecular formula is C15H18N2O5. The van der Waals surface area contributed by atoms with E-state index < -0.39 is 17.0 Å². The summed E-state index contributed by atoms with van der Waals surface area (Å²) in [6.07, 6.45) is 1.12. The molecule has 0 unspecified atom stereocenters. The van der Waals surface area contributed by atoms with Gasteiger partial charge in [0.25, 0.3) is 5.69 Å². The second kappa shape index (κ2) is 6.55. The SMILES string of the molecule is CC(=O)[C@H](C)OC(=O)c1ccc(N2CCCC2)c([N+](=O)[O-])c1. The summed E-state index contributed by atoms with van der Waals surface area (Å²) in [5.74, 6) is -1.02. The Morgan fingerprint density at radius 1 is 1.32 bits per heavy atom. The minimum absolute atomic E-state index is 0.0720. The van der Waals surface area contributed by atoms with Crippen LogP contribution in [0.15, 0.2) is 18.2 Å². The van der Waals surface area contributed by atoms with Gasteiger partial charge in [-0.2, -0.15) is 0 Å². The molecule has 1 heterocycles. The van der Waals surface area contributed by atoms with Crippen LogP contribution in [0.4, 0.5) is 11.4 Å². The van der Waals surface area contributed by atoms with Gasteiger partial charge < -0.3 is 9.64 Å². The molecule has 1 aliphatic heterocycles. The standard InChI is InChI=1S/C15H18N2O5/c1-10(18)11(2)22-15(19)12-5-6-13(14(9-12)17(20)21)16-7-3-4-8-16/h5-6,9,11H,3-4,7-8H2,1-2H3/t11-/m0/s1. The minimum atomic E-state index is -0.871. The summed E-state index contributed by atoms with van der Waals surface area (Å²) >= 11 is 0. The molecule has 0 saturated carbocycles. The molecular weight excluding hydrogens is 288 g/mol. The van der Waals surface area contributed by atoms with E-state index in [9.17, 15) is 19.7 Å². The highest BCUT2D eigenvalue weighted by molar-refractivity contribution is 5.93. The maximum atomic E-state index is 12.0. The van der Waals surface area contributed by atoms with E-state index in [0.29, 0.717) is 5.69 Å². The first-order valence-electron chi connectivity index (χ1n) is 7.15. The number of carbonyl (C=O) groups is 2. The van der Waals surface area contributed by atoms with Gasteiger partial charge in [-0.1, -0.05) is 0 Å². The average molecular weight is 306 g/mol. The van der Waals surface area contributed by atoms with Crippen molar-refractivity contribution in [2.75, 3.05) is 18.0 Å². The van der Waals surface area contributed by atoms with Crippen LogP contribution in [0.5, 0.6) is 0 Å². The van der Waals surface area contributed by atoms with Crippen molar-refractivity contribution in [3.63, 3.8) is 0 Å². The largest absolute Gasteiger partial charge is 0.451 e. The molecule has 0 aliphatic carbocycles. The average Bonchev–Trinajstić information content (AvgIpc) is 3.00. The maximum absolute atomic E-state index is 12.0. The molecule has 1 aromatic carbocycles. The normalized spacial score (nSPS) is 15.5. The number of nitrogens with zero attached hydrogens (tertiary/aromatic N) is 2. The first-order valence-corrected chi connectivity index (χ1v) is 7.15. The van der Waals surface area contributed by atoms with Crippen LogP contribution in [0, 0.1) is 10.1 Å². The van der Waals surface area contributed by atoms with E-state index in [0.717, 1.165) is 25.9 Å². The third kappa shape index (κ3) is 3.41. The smallest absolute Gasteiger partial charge is 0.339 e. The number of benzene rings is 1. The predicted molar refractivity (Wildman–Crippen MR) is 80.1 cm³/mol. The number of nitro groups is 1. The zero-order valence-corrected chi connectivity index (χ0v) is 12.6. The Balaban J connectivity index is 2.27. The summed E-state index contributed by atoms with van der Waals surface area (Å²) in [7, 11) is 0. The van der Waals surface area contributed by atoms with Crippen LogP contribution < -0.4 is 4.90 Å². The predicted octanol–water partition coefficient (Wildman–Crippen LogP) is 2.33. The Morgan fingerprint density at radius 2 is 1.95 bits per heavy atom. The molecule has 0 radical (unpaired) electrons. The molecule has 7 heteroatoms. The minimum Gasteiger partial charge on any atom is -0.451 e. The quantitative estimate of drug-likeness (QED) is 0.471. The fraction of sp³-hybridized carbons (Fsp3) is 0.467. The van der Waals surface area contributed by atoms with Gasteiger partial charge in [-0.15, -0.1) is 0 Å². The number of ether oxygens (including phenoxy) is 1. The summed E-state index contributed by atoms with van der Waals surface area (Å²) in [5, 5.41) is 11.3. The fourth-order valence-electron chi connectivity index (χ4n) is 2.33. The van der Waals surface area contributed by atoms with E-state index in [-0.39, 0.29) is 17.0 Å². The number of hydrogen-bond acceptors (Lipinski definition) is 6. The van der Waals surface area contributed by atoms with Gasteiger partial charge >= 0.3 is 5.97 Å². The first-order chi connectivity index (χ1) is 10.4. The van der Waals surface area contributed by atoms with Crippen molar-refractivity contribution in [3.8, 4) is 0 Å². The highest BCUT2D eigenvalue weighted by Gasteiger charge is 2.25. The van der Waals surface area contributed by atoms with Gasteiger partial charge in [-0.3, -0.25) is 14.9 Å². The highest BCUT2D eigenvalue weighted by atomic mass is 16.6. The van der Waals surface area contributed by atoms with Gasteiger partial charge in [0.15, 0.2) is 11.9 Å². The number of esters is 1. The fourth-order valence-corrected chi connectivity index (χ4v) is 2.33. The third-order valence-electron chi connectivity index (χ3n) is 3.71. The molecule has 0 bridgehead atoms. The summed E-state index contributed by atoms with van der Waals surface area (Å²) < 4.78 is 4.97. The van der Waals surface area contributed by atoms with Crippen LogP contribution in [0.25, 0.3) is 0 Å². The maximum Gasteiger partial charge on any atom is 0.339 e. The molecule has 7 nitrogen and oxygen atoms in total. The van der Waals surface area contributed by atoms with E-state index >= 15 is 0 Å². The number of Topliss-reactive ketones (excluding diaryl/α,β-unsaturated/α-hetero) is 1. The van der Waals surface area contributed by atoms with Gasteiger partial charge in [-0.05, 0) is 38.8 Å². The van der Waals surface area contributed by atoms with E-state index in [1.807, 2.05) is 4.90 Å². The Kier molecular flexibility index (Phi) is 4.75. The summed E-state index contributed by atoms with van der Waals surface area (Å²) in [5.41, 5.74) is 0.466. The highest BCUT2D eigenvalue weighted by Crippen LogP contribution is 2.31. The molecule has 1 atom stereocenters. The van der Waals surface area contributed by atoms with Crippen molar-refractivity contribution < 1.29 is 19.2 Å². The molecule has 1 aliphatic rings. The van der Waals surface area contributed by atoms with Crippen LogP contribution in [0.1, 0.15) is 37.0 Å². The number of rotatable bonds is 5. The van der Waals surface area contributed by atoms with Gasteiger partial charge in [0.1, 0.15) is 5.69 Å². The van der Waals surface area contributed by atoms with Gasteiger partial charge in [0, 0.05) is 19.2 Å². The van der Waals surface area contributed by atoms with Gasteiger partial charge in [0.05, 0.1) is 10.5 Å². The Labute approximate surface area is 128 Å². The molecule has 2 rings (SSSR count). The van der Waals surface area contributed by atoms with E-state index in [2.05, 4.69) is 0 Å². The Bertz CT molecular complexity index is 608. The molecule has 1 aromatic rings. The lowest BCUT2D eigenvalue weighted by atomic mass is 10.1. The third-order valence-corrected chi connectivity index (χ3v) is 3.71. The number of ketones is 1. The Morgan fingerprint density at radius 3 is 2.50 bits per heavy atom. The van der Waals surface area contributed by atoms with Crippen LogP contribution in [-0.4, -0.2) is 35.9 Å². The van der Waals surface area contributed by atoms with E-state index in [1.165, 1.54) is 26.0 Å². The summed E-state index contributed by atoms with van der Waals surface area (Å²) in [6.45, 7) is 4.32. The van der Waals surface area contributed by atoms with Crippen molar-refractivity contribution in [1.29, 1.82) is 0 Å². The number of nitro benzene ring substituents is 1. The summed E-state index contributed by atoms with van der Waals surface area (Å²) in [4.78, 5) is 35.8. The molecule has 0 spiro atoms. The molecule has 1 saturated heterocycles. The number of carbonyl (C=O) groups excluding carboxylic acids is 2. The first kappa shape index (κ1) is 15.9.